The lowest BCUT2D eigenvalue weighted by atomic mass is 10.3. The molecule has 8 nitrogen and oxygen atoms in total. The number of hydrogen-bond donors (Lipinski definition) is 3. The number of aliphatic hydroxyl groups excluding tert-OH is 1. The first-order valence-electron chi connectivity index (χ1n) is 8.22. The van der Waals surface area contributed by atoms with Crippen LogP contribution in [0.4, 0.5) is 11.6 Å². The summed E-state index contributed by atoms with van der Waals surface area (Å²) < 4.78 is 0. The van der Waals surface area contributed by atoms with E-state index in [1.165, 1.54) is 35.4 Å². The Morgan fingerprint density at radius 1 is 1.42 bits per heavy atom. The van der Waals surface area contributed by atoms with Crippen molar-refractivity contribution in [3.8, 4) is 10.8 Å². The monoisotopic (exact) mass is 391 g/mol. The Morgan fingerprint density at radius 2 is 2.19 bits per heavy atom. The molecule has 1 aliphatic carbocycles. The maximum absolute atomic E-state index is 9.82. The third-order valence-electron chi connectivity index (χ3n) is 4.21. The van der Waals surface area contributed by atoms with E-state index < -0.39 is 6.10 Å². The molecule has 3 aromatic rings. The van der Waals surface area contributed by atoms with Crippen molar-refractivity contribution in [3.05, 3.63) is 33.6 Å². The number of aromatic amines is 1. The highest BCUT2D eigenvalue weighted by molar-refractivity contribution is 7.15. The number of nitrogens with zero attached hydrogens (tertiary/aromatic N) is 5. The van der Waals surface area contributed by atoms with E-state index in [0.29, 0.717) is 33.4 Å². The Hall–Kier alpha value is -2.07. The van der Waals surface area contributed by atoms with E-state index in [2.05, 4.69) is 25.1 Å². The number of hydrogen-bond acceptors (Lipinski definition) is 8. The molecule has 26 heavy (non-hydrogen) atoms. The van der Waals surface area contributed by atoms with Gasteiger partial charge in [0.1, 0.15) is 5.02 Å². The van der Waals surface area contributed by atoms with Crippen molar-refractivity contribution < 1.29 is 5.11 Å². The zero-order valence-corrected chi connectivity index (χ0v) is 15.8. The first-order chi connectivity index (χ1) is 12.4. The predicted molar refractivity (Wildman–Crippen MR) is 100 cm³/mol. The molecule has 1 aliphatic rings. The molecule has 1 fully saturated rings. The number of aliphatic hydroxyl groups is 1. The first kappa shape index (κ1) is 17.3. The molecular weight excluding hydrogens is 374 g/mol. The van der Waals surface area contributed by atoms with Crippen LogP contribution in [0.3, 0.4) is 0 Å². The molecule has 0 bridgehead atoms. The number of nitrogens with two attached hydrogens (primary N) is 1. The maximum Gasteiger partial charge on any atom is 0.190 e. The molecule has 10 heteroatoms. The highest BCUT2D eigenvalue weighted by Gasteiger charge is 2.27. The van der Waals surface area contributed by atoms with E-state index in [0.717, 1.165) is 16.3 Å². The Balaban J connectivity index is 1.68. The van der Waals surface area contributed by atoms with Crippen LogP contribution in [0.25, 0.3) is 10.8 Å². The van der Waals surface area contributed by atoms with Gasteiger partial charge in [-0.25, -0.2) is 25.8 Å². The predicted octanol–water partition coefficient (Wildman–Crippen LogP) is 3.23. The quantitative estimate of drug-likeness (QED) is 0.451. The highest BCUT2D eigenvalue weighted by Crippen LogP contribution is 2.40. The van der Waals surface area contributed by atoms with Crippen LogP contribution in [0.1, 0.15) is 48.1 Å². The minimum absolute atomic E-state index is 0.316. The summed E-state index contributed by atoms with van der Waals surface area (Å²) in [5.41, 5.74) is 1.82. The van der Waals surface area contributed by atoms with Crippen molar-refractivity contribution in [2.75, 3.05) is 5.01 Å². The minimum atomic E-state index is -0.594. The number of rotatable bonds is 5. The standard InChI is InChI=1S/C16H18ClN7OS/c1-7-13(8(2)25)26-16(20-7)14-19-6-10(17)15(21-14)24(18)12-5-11(22-23-12)9-3-4-9/h5-6,8-9,25H,3-4,18H2,1-2H3,(H,22,23). The maximum atomic E-state index is 9.82. The van der Waals surface area contributed by atoms with Crippen LogP contribution < -0.4 is 10.9 Å². The third-order valence-corrected chi connectivity index (χ3v) is 5.80. The van der Waals surface area contributed by atoms with Gasteiger partial charge >= 0.3 is 0 Å². The van der Waals surface area contributed by atoms with Gasteiger partial charge in [0.15, 0.2) is 22.5 Å². The molecular formula is C16H18ClN7OS. The highest BCUT2D eigenvalue weighted by atomic mass is 35.5. The van der Waals surface area contributed by atoms with Crippen LogP contribution in [0.5, 0.6) is 0 Å². The molecule has 0 spiro atoms. The topological polar surface area (TPSA) is 117 Å². The summed E-state index contributed by atoms with van der Waals surface area (Å²) in [5.74, 6) is 8.03. The average Bonchev–Trinajstić information content (AvgIpc) is 3.20. The molecule has 0 aliphatic heterocycles. The Bertz CT molecular complexity index is 950. The lowest BCUT2D eigenvalue weighted by Gasteiger charge is -2.15. The summed E-state index contributed by atoms with van der Waals surface area (Å²) in [6, 6.07) is 1.91. The zero-order valence-electron chi connectivity index (χ0n) is 14.3. The van der Waals surface area contributed by atoms with E-state index in [1.807, 2.05) is 13.0 Å². The molecule has 4 N–H and O–H groups in total. The van der Waals surface area contributed by atoms with Gasteiger partial charge in [0, 0.05) is 17.7 Å². The second-order valence-electron chi connectivity index (χ2n) is 6.34. The fourth-order valence-electron chi connectivity index (χ4n) is 2.68. The molecule has 1 unspecified atom stereocenters. The Labute approximate surface area is 159 Å². The number of hydrazine groups is 1. The molecule has 1 saturated carbocycles. The molecule has 1 atom stereocenters. The second kappa shape index (κ2) is 6.58. The van der Waals surface area contributed by atoms with Crippen LogP contribution in [0.15, 0.2) is 12.3 Å². The van der Waals surface area contributed by atoms with Crippen LogP contribution in [-0.2, 0) is 0 Å². The number of H-pyrrole nitrogens is 1. The summed E-state index contributed by atoms with van der Waals surface area (Å²) >= 11 is 7.60. The van der Waals surface area contributed by atoms with E-state index in [1.54, 1.807) is 6.92 Å². The van der Waals surface area contributed by atoms with Crippen LogP contribution in [-0.4, -0.2) is 30.3 Å². The number of anilines is 2. The smallest absolute Gasteiger partial charge is 0.190 e. The minimum Gasteiger partial charge on any atom is -0.388 e. The molecule has 3 heterocycles. The van der Waals surface area contributed by atoms with Crippen LogP contribution >= 0.6 is 22.9 Å². The zero-order chi connectivity index (χ0) is 18.4. The van der Waals surface area contributed by atoms with Crippen LogP contribution in [0, 0.1) is 6.92 Å². The first-order valence-corrected chi connectivity index (χ1v) is 9.42. The van der Waals surface area contributed by atoms with Gasteiger partial charge in [-0.05, 0) is 26.7 Å². The van der Waals surface area contributed by atoms with Gasteiger partial charge in [0.2, 0.25) is 0 Å². The van der Waals surface area contributed by atoms with Crippen molar-refractivity contribution in [1.29, 1.82) is 0 Å². The molecule has 0 saturated heterocycles. The summed E-state index contributed by atoms with van der Waals surface area (Å²) in [7, 11) is 0. The average molecular weight is 392 g/mol. The molecule has 3 aromatic heterocycles. The molecule has 0 aromatic carbocycles. The summed E-state index contributed by atoms with van der Waals surface area (Å²) in [5, 5.41) is 19.3. The van der Waals surface area contributed by atoms with Crippen molar-refractivity contribution in [1.82, 2.24) is 25.1 Å². The van der Waals surface area contributed by atoms with Gasteiger partial charge in [-0.15, -0.1) is 11.3 Å². The number of halogens is 1. The van der Waals surface area contributed by atoms with Gasteiger partial charge in [-0.1, -0.05) is 11.6 Å². The third kappa shape index (κ3) is 3.18. The van der Waals surface area contributed by atoms with Crippen molar-refractivity contribution in [2.24, 2.45) is 5.84 Å². The number of thiazole rings is 1. The molecule has 0 radical (unpaired) electrons. The normalized spacial score (nSPS) is 15.3. The van der Waals surface area contributed by atoms with E-state index >= 15 is 0 Å². The van der Waals surface area contributed by atoms with E-state index in [4.69, 9.17) is 17.4 Å². The van der Waals surface area contributed by atoms with E-state index in [9.17, 15) is 5.11 Å². The van der Waals surface area contributed by atoms with Gasteiger partial charge in [0.25, 0.3) is 0 Å². The fourth-order valence-corrected chi connectivity index (χ4v) is 3.81. The SMILES string of the molecule is Cc1nc(-c2ncc(Cl)c(N(N)c3cc(C4CC4)[nH]n3)n2)sc1C(C)O. The number of nitrogens with one attached hydrogen (secondary N) is 1. The molecule has 136 valence electrons. The van der Waals surface area contributed by atoms with Gasteiger partial charge in [-0.3, -0.25) is 5.10 Å². The summed E-state index contributed by atoms with van der Waals surface area (Å²) in [6.07, 6.45) is 3.23. The van der Waals surface area contributed by atoms with Crippen molar-refractivity contribution >= 4 is 34.6 Å². The summed E-state index contributed by atoms with van der Waals surface area (Å²) in [4.78, 5) is 14.0. The number of aromatic nitrogens is 5. The second-order valence-corrected chi connectivity index (χ2v) is 7.77. The Morgan fingerprint density at radius 3 is 2.85 bits per heavy atom. The lowest BCUT2D eigenvalue weighted by Crippen LogP contribution is -2.27. The largest absolute Gasteiger partial charge is 0.388 e. The van der Waals surface area contributed by atoms with E-state index in [-0.39, 0.29) is 0 Å². The van der Waals surface area contributed by atoms with Crippen molar-refractivity contribution in [2.45, 2.75) is 38.7 Å². The Kier molecular flexibility index (Phi) is 4.39. The summed E-state index contributed by atoms with van der Waals surface area (Å²) in [6.45, 7) is 3.55. The van der Waals surface area contributed by atoms with Gasteiger partial charge < -0.3 is 5.11 Å². The van der Waals surface area contributed by atoms with Crippen LogP contribution in [0.2, 0.25) is 5.02 Å². The molecule has 0 amide bonds. The number of aryl methyl sites for hydroxylation is 1. The molecule has 4 rings (SSSR count). The van der Waals surface area contributed by atoms with Crippen molar-refractivity contribution in [3.63, 3.8) is 0 Å². The van der Waals surface area contributed by atoms with Gasteiger partial charge in [0.05, 0.1) is 22.9 Å². The fraction of sp³-hybridized carbons (Fsp3) is 0.375. The van der Waals surface area contributed by atoms with Gasteiger partial charge in [-0.2, -0.15) is 5.10 Å². The lowest BCUT2D eigenvalue weighted by molar-refractivity contribution is 0.202.